The van der Waals surface area contributed by atoms with Crippen LogP contribution in [0.5, 0.6) is 0 Å². The molecule has 5 nitrogen and oxygen atoms in total. The van der Waals surface area contributed by atoms with Crippen LogP contribution in [0.1, 0.15) is 19.3 Å². The normalized spacial score (nSPS) is 16.6. The SMILES string of the molecule is CSC[C@H](CCO)Nc1cc(N2CCCC2)ncn1. The van der Waals surface area contributed by atoms with E-state index in [4.69, 9.17) is 5.11 Å². The molecule has 2 rings (SSSR count). The van der Waals surface area contributed by atoms with E-state index in [9.17, 15) is 0 Å². The fourth-order valence-corrected chi connectivity index (χ4v) is 2.96. The Labute approximate surface area is 118 Å². The first-order valence-electron chi connectivity index (χ1n) is 6.77. The van der Waals surface area contributed by atoms with Gasteiger partial charge in [0.15, 0.2) is 0 Å². The lowest BCUT2D eigenvalue weighted by molar-refractivity contribution is 0.282. The summed E-state index contributed by atoms with van der Waals surface area (Å²) in [6.45, 7) is 2.37. The van der Waals surface area contributed by atoms with Gasteiger partial charge in [0.05, 0.1) is 0 Å². The van der Waals surface area contributed by atoms with E-state index in [0.717, 1.165) is 36.9 Å². The Morgan fingerprint density at radius 2 is 2.21 bits per heavy atom. The molecule has 1 fully saturated rings. The summed E-state index contributed by atoms with van der Waals surface area (Å²) in [4.78, 5) is 10.9. The van der Waals surface area contributed by atoms with Gasteiger partial charge in [0.2, 0.25) is 0 Å². The second-order valence-corrected chi connectivity index (χ2v) is 5.68. The van der Waals surface area contributed by atoms with Crippen LogP contribution in [0.15, 0.2) is 12.4 Å². The van der Waals surface area contributed by atoms with Crippen LogP contribution in [0.4, 0.5) is 11.6 Å². The number of hydrogen-bond donors (Lipinski definition) is 2. The first-order valence-corrected chi connectivity index (χ1v) is 8.16. The molecule has 1 aromatic heterocycles. The Hall–Kier alpha value is -1.01. The highest BCUT2D eigenvalue weighted by molar-refractivity contribution is 7.98. The standard InChI is InChI=1S/C13H22N4OS/c1-19-9-11(4-7-18)16-12-8-13(15-10-14-12)17-5-2-3-6-17/h8,10-11,18H,2-7,9H2,1H3,(H,14,15,16)/t11-/m0/s1. The van der Waals surface area contributed by atoms with Gasteiger partial charge in [0.1, 0.15) is 18.0 Å². The molecular weight excluding hydrogens is 260 g/mol. The summed E-state index contributed by atoms with van der Waals surface area (Å²) in [5, 5.41) is 12.5. The average Bonchev–Trinajstić information content (AvgIpc) is 2.93. The minimum absolute atomic E-state index is 0.197. The fourth-order valence-electron chi connectivity index (χ4n) is 2.31. The van der Waals surface area contributed by atoms with Crippen LogP contribution < -0.4 is 10.2 Å². The molecule has 6 heteroatoms. The molecule has 0 unspecified atom stereocenters. The lowest BCUT2D eigenvalue weighted by Crippen LogP contribution is -2.25. The molecule has 106 valence electrons. The smallest absolute Gasteiger partial charge is 0.134 e. The number of aliphatic hydroxyl groups is 1. The largest absolute Gasteiger partial charge is 0.396 e. The molecule has 0 spiro atoms. The zero-order chi connectivity index (χ0) is 13.5. The van der Waals surface area contributed by atoms with Crippen molar-refractivity contribution in [1.82, 2.24) is 9.97 Å². The summed E-state index contributed by atoms with van der Waals surface area (Å²) in [6.07, 6.45) is 6.91. The predicted octanol–water partition coefficient (Wildman–Crippen LogP) is 1.60. The van der Waals surface area contributed by atoms with E-state index >= 15 is 0 Å². The van der Waals surface area contributed by atoms with Crippen molar-refractivity contribution in [1.29, 1.82) is 0 Å². The number of aliphatic hydroxyl groups excluding tert-OH is 1. The predicted molar refractivity (Wildman–Crippen MR) is 81.0 cm³/mol. The van der Waals surface area contributed by atoms with Gasteiger partial charge in [-0.15, -0.1) is 0 Å². The summed E-state index contributed by atoms with van der Waals surface area (Å²) in [5.74, 6) is 2.81. The molecule has 1 saturated heterocycles. The minimum Gasteiger partial charge on any atom is -0.396 e. The molecule has 19 heavy (non-hydrogen) atoms. The van der Waals surface area contributed by atoms with Crippen LogP contribution in [0.2, 0.25) is 0 Å². The average molecular weight is 282 g/mol. The van der Waals surface area contributed by atoms with Gasteiger partial charge in [0, 0.05) is 37.6 Å². The fraction of sp³-hybridized carbons (Fsp3) is 0.692. The Morgan fingerprint density at radius 3 is 2.89 bits per heavy atom. The van der Waals surface area contributed by atoms with Gasteiger partial charge in [-0.2, -0.15) is 11.8 Å². The van der Waals surface area contributed by atoms with Crippen LogP contribution in [-0.4, -0.2) is 52.8 Å². The van der Waals surface area contributed by atoms with Crippen molar-refractivity contribution in [3.05, 3.63) is 12.4 Å². The number of rotatable bonds is 7. The van der Waals surface area contributed by atoms with Gasteiger partial charge in [-0.25, -0.2) is 9.97 Å². The zero-order valence-electron chi connectivity index (χ0n) is 11.4. The van der Waals surface area contributed by atoms with Gasteiger partial charge in [-0.1, -0.05) is 0 Å². The van der Waals surface area contributed by atoms with E-state index in [1.807, 2.05) is 6.07 Å². The molecular formula is C13H22N4OS. The molecule has 0 saturated carbocycles. The van der Waals surface area contributed by atoms with Crippen LogP contribution in [0, 0.1) is 0 Å². The second kappa shape index (κ2) is 7.55. The van der Waals surface area contributed by atoms with Gasteiger partial charge in [-0.3, -0.25) is 0 Å². The zero-order valence-corrected chi connectivity index (χ0v) is 12.2. The Kier molecular flexibility index (Phi) is 5.72. The first kappa shape index (κ1) is 14.4. The van der Waals surface area contributed by atoms with E-state index in [1.54, 1.807) is 18.1 Å². The maximum absolute atomic E-state index is 9.08. The third kappa shape index (κ3) is 4.24. The quantitative estimate of drug-likeness (QED) is 0.792. The lowest BCUT2D eigenvalue weighted by atomic mass is 10.2. The van der Waals surface area contributed by atoms with Crippen LogP contribution in [0.3, 0.4) is 0 Å². The molecule has 1 aliphatic rings. The second-order valence-electron chi connectivity index (χ2n) is 4.76. The van der Waals surface area contributed by atoms with Crippen molar-refractivity contribution in [2.45, 2.75) is 25.3 Å². The monoisotopic (exact) mass is 282 g/mol. The summed E-state index contributed by atoms with van der Waals surface area (Å²) >= 11 is 1.77. The van der Waals surface area contributed by atoms with Gasteiger partial charge in [-0.05, 0) is 25.5 Å². The summed E-state index contributed by atoms with van der Waals surface area (Å²) in [5.41, 5.74) is 0. The van der Waals surface area contributed by atoms with Crippen molar-refractivity contribution < 1.29 is 5.11 Å². The highest BCUT2D eigenvalue weighted by atomic mass is 32.2. The number of nitrogens with zero attached hydrogens (tertiary/aromatic N) is 3. The van der Waals surface area contributed by atoms with Crippen LogP contribution in [0.25, 0.3) is 0 Å². The molecule has 0 amide bonds. The number of anilines is 2. The first-order chi connectivity index (χ1) is 9.33. The third-order valence-electron chi connectivity index (χ3n) is 3.28. The minimum atomic E-state index is 0.197. The van der Waals surface area contributed by atoms with E-state index < -0.39 is 0 Å². The van der Waals surface area contributed by atoms with Crippen molar-refractivity contribution in [2.75, 3.05) is 41.9 Å². The number of thioether (sulfide) groups is 1. The van der Waals surface area contributed by atoms with Crippen molar-refractivity contribution in [2.24, 2.45) is 0 Å². The highest BCUT2D eigenvalue weighted by Gasteiger charge is 2.15. The van der Waals surface area contributed by atoms with E-state index in [2.05, 4.69) is 26.4 Å². The van der Waals surface area contributed by atoms with Crippen molar-refractivity contribution in [3.8, 4) is 0 Å². The molecule has 1 aromatic rings. The molecule has 0 aliphatic carbocycles. The van der Waals surface area contributed by atoms with E-state index in [0.29, 0.717) is 0 Å². The molecule has 2 N–H and O–H groups in total. The van der Waals surface area contributed by atoms with Gasteiger partial charge in [0.25, 0.3) is 0 Å². The van der Waals surface area contributed by atoms with E-state index in [1.165, 1.54) is 12.8 Å². The molecule has 2 heterocycles. The van der Waals surface area contributed by atoms with Crippen LogP contribution >= 0.6 is 11.8 Å². The van der Waals surface area contributed by atoms with Crippen LogP contribution in [-0.2, 0) is 0 Å². The van der Waals surface area contributed by atoms with E-state index in [-0.39, 0.29) is 12.6 Å². The topological polar surface area (TPSA) is 61.3 Å². The summed E-state index contributed by atoms with van der Waals surface area (Å²) in [7, 11) is 0. The molecule has 0 bridgehead atoms. The summed E-state index contributed by atoms with van der Waals surface area (Å²) < 4.78 is 0. The number of aromatic nitrogens is 2. The van der Waals surface area contributed by atoms with Crippen molar-refractivity contribution in [3.63, 3.8) is 0 Å². The Bertz CT molecular complexity index is 379. The lowest BCUT2D eigenvalue weighted by Gasteiger charge is -2.20. The Morgan fingerprint density at radius 1 is 1.42 bits per heavy atom. The molecule has 1 aliphatic heterocycles. The van der Waals surface area contributed by atoms with Gasteiger partial charge >= 0.3 is 0 Å². The molecule has 1 atom stereocenters. The maximum Gasteiger partial charge on any atom is 0.134 e. The van der Waals surface area contributed by atoms with Crippen molar-refractivity contribution >= 4 is 23.4 Å². The summed E-state index contributed by atoms with van der Waals surface area (Å²) in [6, 6.07) is 2.26. The van der Waals surface area contributed by atoms with Gasteiger partial charge < -0.3 is 15.3 Å². The number of hydrogen-bond acceptors (Lipinski definition) is 6. The molecule has 0 radical (unpaired) electrons. The third-order valence-corrected chi connectivity index (χ3v) is 4.02. The number of nitrogens with one attached hydrogen (secondary N) is 1. The highest BCUT2D eigenvalue weighted by Crippen LogP contribution is 2.20. The Balaban J connectivity index is 2.00. The molecule has 0 aromatic carbocycles. The maximum atomic E-state index is 9.08.